The lowest BCUT2D eigenvalue weighted by Gasteiger charge is -2.17. The lowest BCUT2D eigenvalue weighted by Crippen LogP contribution is -2.15. The molecule has 0 aliphatic heterocycles. The summed E-state index contributed by atoms with van der Waals surface area (Å²) in [6.45, 7) is 0.929. The summed E-state index contributed by atoms with van der Waals surface area (Å²) >= 11 is 3.01. The number of hydrogen-bond donors (Lipinski definition) is 2. The second kappa shape index (κ2) is 8.31. The number of ether oxygens (including phenoxy) is 1. The number of amides is 1. The summed E-state index contributed by atoms with van der Waals surface area (Å²) in [6.07, 6.45) is 0. The average molecular weight is 485 g/mol. The Labute approximate surface area is 175 Å². The van der Waals surface area contributed by atoms with Crippen LogP contribution < -0.4 is 16.0 Å². The smallest absolute Gasteiger partial charge is 0.266 e. The molecular formula is C20H13BrF4N2O3. The third-order valence-electron chi connectivity index (χ3n) is 4.27. The summed E-state index contributed by atoms with van der Waals surface area (Å²) in [5.74, 6) is -5.21. The molecule has 3 rings (SSSR count). The highest BCUT2D eigenvalue weighted by Crippen LogP contribution is 2.39. The molecule has 10 heteroatoms. The summed E-state index contributed by atoms with van der Waals surface area (Å²) < 4.78 is 61.8. The highest BCUT2D eigenvalue weighted by molar-refractivity contribution is 9.10. The molecule has 0 unspecified atom stereocenters. The maximum absolute atomic E-state index is 14.7. The minimum Gasteiger partial charge on any atom is -0.487 e. The largest absolute Gasteiger partial charge is 0.487 e. The fourth-order valence-corrected chi connectivity index (χ4v) is 3.26. The van der Waals surface area contributed by atoms with Crippen LogP contribution in [-0.2, 0) is 6.61 Å². The van der Waals surface area contributed by atoms with E-state index in [9.17, 15) is 27.2 Å². The van der Waals surface area contributed by atoms with Crippen molar-refractivity contribution in [2.24, 2.45) is 5.73 Å². The van der Waals surface area contributed by atoms with Crippen molar-refractivity contribution >= 4 is 21.8 Å². The van der Waals surface area contributed by atoms with Gasteiger partial charge in [-0.3, -0.25) is 9.59 Å². The first kappa shape index (κ1) is 21.6. The van der Waals surface area contributed by atoms with Gasteiger partial charge in [0.05, 0.1) is 11.1 Å². The number of aromatic amines is 1. The highest BCUT2D eigenvalue weighted by Gasteiger charge is 2.24. The lowest BCUT2D eigenvalue weighted by molar-refractivity contribution is 0.0999. The predicted molar refractivity (Wildman–Crippen MR) is 104 cm³/mol. The Morgan fingerprint density at radius 3 is 2.27 bits per heavy atom. The number of hydrogen-bond acceptors (Lipinski definition) is 3. The third kappa shape index (κ3) is 4.09. The van der Waals surface area contributed by atoms with E-state index < -0.39 is 46.9 Å². The molecule has 2 aromatic carbocycles. The van der Waals surface area contributed by atoms with Gasteiger partial charge in [0, 0.05) is 22.9 Å². The quantitative estimate of drug-likeness (QED) is 0.528. The number of halogens is 5. The van der Waals surface area contributed by atoms with Gasteiger partial charge in [-0.25, -0.2) is 17.6 Å². The number of aryl methyl sites for hydroxylation is 1. The van der Waals surface area contributed by atoms with E-state index in [0.717, 1.165) is 24.3 Å². The summed E-state index contributed by atoms with van der Waals surface area (Å²) in [6, 6.07) is 4.31. The van der Waals surface area contributed by atoms with E-state index in [1.165, 1.54) is 6.92 Å². The van der Waals surface area contributed by atoms with Crippen molar-refractivity contribution in [2.75, 3.05) is 0 Å². The van der Waals surface area contributed by atoms with Crippen LogP contribution >= 0.6 is 15.9 Å². The molecule has 3 N–H and O–H groups in total. The Kier molecular flexibility index (Phi) is 5.97. The number of aromatic nitrogens is 1. The van der Waals surface area contributed by atoms with Crippen molar-refractivity contribution in [3.63, 3.8) is 0 Å². The van der Waals surface area contributed by atoms with Gasteiger partial charge in [-0.15, -0.1) is 0 Å². The number of carbonyl (C=O) groups is 1. The topological polar surface area (TPSA) is 85.2 Å². The van der Waals surface area contributed by atoms with Crippen molar-refractivity contribution in [1.82, 2.24) is 4.98 Å². The molecule has 156 valence electrons. The maximum atomic E-state index is 14.7. The Morgan fingerprint density at radius 2 is 1.70 bits per heavy atom. The van der Waals surface area contributed by atoms with E-state index >= 15 is 0 Å². The first-order valence-corrected chi connectivity index (χ1v) is 9.17. The van der Waals surface area contributed by atoms with E-state index in [4.69, 9.17) is 10.5 Å². The van der Waals surface area contributed by atoms with Crippen LogP contribution in [0, 0.1) is 30.2 Å². The van der Waals surface area contributed by atoms with Crippen molar-refractivity contribution in [3.05, 3.63) is 85.2 Å². The molecule has 1 heterocycles. The van der Waals surface area contributed by atoms with Crippen LogP contribution in [-0.4, -0.2) is 10.9 Å². The molecule has 0 bridgehead atoms. The zero-order valence-corrected chi connectivity index (χ0v) is 16.9. The predicted octanol–water partition coefficient (Wildman–Crippen LogP) is 4.35. The number of H-pyrrole nitrogens is 1. The van der Waals surface area contributed by atoms with Gasteiger partial charge in [0.2, 0.25) is 5.91 Å². The first-order chi connectivity index (χ1) is 14.1. The van der Waals surface area contributed by atoms with Gasteiger partial charge in [0.25, 0.3) is 5.56 Å². The van der Waals surface area contributed by atoms with Gasteiger partial charge >= 0.3 is 0 Å². The summed E-state index contributed by atoms with van der Waals surface area (Å²) in [5, 5.41) is 0. The molecular weight excluding hydrogens is 472 g/mol. The van der Waals surface area contributed by atoms with Crippen LogP contribution in [0.3, 0.4) is 0 Å². The fraction of sp³-hybridized carbons (Fsp3) is 0.100. The number of primary amides is 1. The van der Waals surface area contributed by atoms with Gasteiger partial charge in [-0.2, -0.15) is 0 Å². The van der Waals surface area contributed by atoms with Crippen LogP contribution in [0.15, 0.2) is 39.6 Å². The van der Waals surface area contributed by atoms with Crippen LogP contribution in [0.2, 0.25) is 0 Å². The number of benzene rings is 2. The van der Waals surface area contributed by atoms with E-state index in [0.29, 0.717) is 6.07 Å². The number of nitrogens with two attached hydrogens (primary N) is 1. The zero-order chi connectivity index (χ0) is 22.2. The molecule has 3 aromatic rings. The molecule has 5 nitrogen and oxygen atoms in total. The Balaban J connectivity index is 2.16. The van der Waals surface area contributed by atoms with E-state index in [-0.39, 0.29) is 32.6 Å². The van der Waals surface area contributed by atoms with Gasteiger partial charge in [0.15, 0.2) is 0 Å². The Bertz CT molecular complexity index is 1200. The van der Waals surface area contributed by atoms with E-state index in [1.54, 1.807) is 0 Å². The number of carbonyl (C=O) groups excluding carboxylic acids is 1. The van der Waals surface area contributed by atoms with Crippen molar-refractivity contribution < 1.29 is 27.1 Å². The number of nitrogens with one attached hydrogen (secondary N) is 1. The lowest BCUT2D eigenvalue weighted by atomic mass is 10.00. The van der Waals surface area contributed by atoms with Crippen molar-refractivity contribution in [2.45, 2.75) is 13.5 Å². The standard InChI is InChI=1S/C20H13BrF4N2O3/c1-8-15(16-13(24)4-10(19(26)28)5-14(16)25)18(17(21)20(29)27-8)30-7-9-2-3-11(22)6-12(9)23/h2-6H,7H2,1H3,(H2,26,28)(H,27,29). The normalized spacial score (nSPS) is 10.9. The highest BCUT2D eigenvalue weighted by atomic mass is 79.9. The molecule has 0 aliphatic rings. The second-order valence-corrected chi connectivity index (χ2v) is 7.09. The Morgan fingerprint density at radius 1 is 1.07 bits per heavy atom. The molecule has 0 atom stereocenters. The Hall–Kier alpha value is -3.14. The van der Waals surface area contributed by atoms with Gasteiger partial charge in [-0.1, -0.05) is 0 Å². The number of pyridine rings is 1. The summed E-state index contributed by atoms with van der Waals surface area (Å²) in [7, 11) is 0. The molecule has 0 spiro atoms. The van der Waals surface area contributed by atoms with Gasteiger partial charge < -0.3 is 15.5 Å². The fourth-order valence-electron chi connectivity index (χ4n) is 2.85. The van der Waals surface area contributed by atoms with Crippen LogP contribution in [0.4, 0.5) is 17.6 Å². The molecule has 30 heavy (non-hydrogen) atoms. The molecule has 0 aliphatic carbocycles. The summed E-state index contributed by atoms with van der Waals surface area (Å²) in [5.41, 5.74) is 3.31. The SMILES string of the molecule is Cc1[nH]c(=O)c(Br)c(OCc2ccc(F)cc2F)c1-c1c(F)cc(C(N)=O)cc1F. The van der Waals surface area contributed by atoms with Crippen LogP contribution in [0.1, 0.15) is 21.6 Å². The minimum absolute atomic E-state index is 0.0443. The van der Waals surface area contributed by atoms with Crippen molar-refractivity contribution in [1.29, 1.82) is 0 Å². The molecule has 0 fully saturated rings. The first-order valence-electron chi connectivity index (χ1n) is 8.38. The maximum Gasteiger partial charge on any atom is 0.266 e. The van der Waals surface area contributed by atoms with Gasteiger partial charge in [-0.05, 0) is 47.1 Å². The van der Waals surface area contributed by atoms with E-state index in [1.807, 2.05) is 0 Å². The third-order valence-corrected chi connectivity index (χ3v) is 4.99. The van der Waals surface area contributed by atoms with Crippen LogP contribution in [0.25, 0.3) is 11.1 Å². The van der Waals surface area contributed by atoms with Gasteiger partial charge in [0.1, 0.15) is 40.1 Å². The van der Waals surface area contributed by atoms with Crippen LogP contribution in [0.5, 0.6) is 5.75 Å². The molecule has 0 saturated heterocycles. The molecule has 0 saturated carbocycles. The second-order valence-electron chi connectivity index (χ2n) is 6.30. The number of rotatable bonds is 5. The molecule has 1 aromatic heterocycles. The zero-order valence-electron chi connectivity index (χ0n) is 15.3. The molecule has 0 radical (unpaired) electrons. The minimum atomic E-state index is -1.12. The monoisotopic (exact) mass is 484 g/mol. The summed E-state index contributed by atoms with van der Waals surface area (Å²) in [4.78, 5) is 25.8. The van der Waals surface area contributed by atoms with E-state index in [2.05, 4.69) is 20.9 Å². The molecule has 1 amide bonds. The average Bonchev–Trinajstić information content (AvgIpc) is 2.65. The van der Waals surface area contributed by atoms with Crippen molar-refractivity contribution in [3.8, 4) is 16.9 Å².